The smallest absolute Gasteiger partial charge is 0.164 e. The number of aromatic nitrogens is 3. The summed E-state index contributed by atoms with van der Waals surface area (Å²) >= 11 is 0. The molecule has 2 saturated heterocycles. The third-order valence-corrected chi connectivity index (χ3v) is 10.2. The van der Waals surface area contributed by atoms with E-state index in [2.05, 4.69) is 22.1 Å². The van der Waals surface area contributed by atoms with E-state index >= 15 is 0 Å². The van der Waals surface area contributed by atoms with Crippen LogP contribution in [0.3, 0.4) is 0 Å². The van der Waals surface area contributed by atoms with Gasteiger partial charge in [0.2, 0.25) is 0 Å². The second-order valence-corrected chi connectivity index (χ2v) is 12.4. The summed E-state index contributed by atoms with van der Waals surface area (Å²) in [5.74, 6) is 1.33. The summed E-state index contributed by atoms with van der Waals surface area (Å²) in [6, 6.07) is 10.1. The van der Waals surface area contributed by atoms with Gasteiger partial charge in [0, 0.05) is 35.3 Å². The van der Waals surface area contributed by atoms with E-state index in [-0.39, 0.29) is 6.04 Å². The number of nitrogens with zero attached hydrogens (tertiary/aromatic N) is 3. The number of hydrogen-bond donors (Lipinski definition) is 2. The number of anilines is 1. The molecular formula is C25H33N5O3S. The van der Waals surface area contributed by atoms with Gasteiger partial charge in [0.25, 0.3) is 0 Å². The molecule has 2 aliphatic rings. The first-order valence-electron chi connectivity index (χ1n) is 12.1. The third kappa shape index (κ3) is 3.79. The number of morpholine rings is 1. The van der Waals surface area contributed by atoms with Crippen molar-refractivity contribution in [2.75, 3.05) is 37.7 Å². The maximum absolute atomic E-state index is 13.9. The molecule has 0 unspecified atom stereocenters. The van der Waals surface area contributed by atoms with Crippen LogP contribution in [0.1, 0.15) is 39.3 Å². The van der Waals surface area contributed by atoms with Crippen molar-refractivity contribution in [2.45, 2.75) is 49.7 Å². The van der Waals surface area contributed by atoms with E-state index in [0.29, 0.717) is 57.2 Å². The van der Waals surface area contributed by atoms with Crippen LogP contribution in [-0.2, 0) is 19.3 Å². The van der Waals surface area contributed by atoms with E-state index in [1.807, 2.05) is 36.5 Å². The fourth-order valence-electron chi connectivity index (χ4n) is 5.25. The maximum Gasteiger partial charge on any atom is 0.164 e. The van der Waals surface area contributed by atoms with Gasteiger partial charge in [0.15, 0.2) is 15.7 Å². The minimum Gasteiger partial charge on any atom is -0.377 e. The molecule has 2 fully saturated rings. The Kier molecular flexibility index (Phi) is 6.12. The summed E-state index contributed by atoms with van der Waals surface area (Å²) in [6.07, 6.45) is 2.90. The zero-order valence-electron chi connectivity index (χ0n) is 20.0. The van der Waals surface area contributed by atoms with Crippen LogP contribution in [0.5, 0.6) is 0 Å². The van der Waals surface area contributed by atoms with Crippen molar-refractivity contribution in [3.05, 3.63) is 42.2 Å². The van der Waals surface area contributed by atoms with Crippen LogP contribution in [-0.4, -0.2) is 67.5 Å². The molecule has 9 heteroatoms. The molecule has 0 spiro atoms. The third-order valence-electron chi connectivity index (χ3n) is 7.25. The number of rotatable bonds is 5. The van der Waals surface area contributed by atoms with Crippen molar-refractivity contribution in [1.29, 1.82) is 0 Å². The van der Waals surface area contributed by atoms with Gasteiger partial charge in [-0.3, -0.25) is 0 Å². The summed E-state index contributed by atoms with van der Waals surface area (Å²) in [6.45, 7) is 8.87. The Labute approximate surface area is 201 Å². The fraction of sp³-hybridized carbons (Fsp3) is 0.520. The van der Waals surface area contributed by atoms with Gasteiger partial charge >= 0.3 is 0 Å². The molecule has 0 radical (unpaired) electrons. The van der Waals surface area contributed by atoms with Gasteiger partial charge in [0.1, 0.15) is 10.6 Å². The molecule has 2 aliphatic heterocycles. The van der Waals surface area contributed by atoms with Gasteiger partial charge in [-0.05, 0) is 58.8 Å². The van der Waals surface area contributed by atoms with Gasteiger partial charge in [-0.1, -0.05) is 12.1 Å². The van der Waals surface area contributed by atoms with Crippen molar-refractivity contribution in [2.24, 2.45) is 0 Å². The highest BCUT2D eigenvalue weighted by atomic mass is 32.2. The highest BCUT2D eigenvalue weighted by Crippen LogP contribution is 2.42. The van der Waals surface area contributed by atoms with Crippen molar-refractivity contribution in [1.82, 2.24) is 20.3 Å². The van der Waals surface area contributed by atoms with E-state index < -0.39 is 19.8 Å². The Morgan fingerprint density at radius 3 is 2.71 bits per heavy atom. The molecule has 0 amide bonds. The zero-order chi connectivity index (χ0) is 23.9. The van der Waals surface area contributed by atoms with Crippen LogP contribution in [0.4, 0.5) is 5.82 Å². The van der Waals surface area contributed by atoms with Gasteiger partial charge in [-0.15, -0.1) is 0 Å². The lowest BCUT2D eigenvalue weighted by Crippen LogP contribution is -2.49. The van der Waals surface area contributed by atoms with Crippen LogP contribution in [0.25, 0.3) is 22.3 Å². The lowest BCUT2D eigenvalue weighted by atomic mass is 9.92. The molecule has 8 nitrogen and oxygen atoms in total. The molecule has 0 bridgehead atoms. The van der Waals surface area contributed by atoms with Gasteiger partial charge in [0.05, 0.1) is 30.2 Å². The second kappa shape index (κ2) is 8.94. The number of aromatic amines is 1. The molecule has 3 aromatic rings. The Morgan fingerprint density at radius 1 is 1.18 bits per heavy atom. The average molecular weight is 484 g/mol. The lowest BCUT2D eigenvalue weighted by Gasteiger charge is -2.39. The van der Waals surface area contributed by atoms with Crippen LogP contribution < -0.4 is 10.2 Å². The summed E-state index contributed by atoms with van der Waals surface area (Å²) in [5.41, 5.74) is 2.50. The first-order valence-corrected chi connectivity index (χ1v) is 13.6. The van der Waals surface area contributed by atoms with Crippen molar-refractivity contribution >= 4 is 26.6 Å². The van der Waals surface area contributed by atoms with E-state index in [9.17, 15) is 8.42 Å². The van der Waals surface area contributed by atoms with Crippen molar-refractivity contribution in [3.8, 4) is 11.4 Å². The monoisotopic (exact) mass is 483 g/mol. The quantitative estimate of drug-likeness (QED) is 0.575. The molecule has 1 aromatic carbocycles. The molecule has 5 rings (SSSR count). The minimum absolute atomic E-state index is 0.137. The number of H-pyrrole nitrogens is 1. The first-order chi connectivity index (χ1) is 16.3. The SMILES string of the molecule is CC(C)S(=O)(=O)C1(c2cc(N3CCOC[C@H]3C)nc(-c3cccc4[nH]ccc34)n2)CCNCC1. The van der Waals surface area contributed by atoms with E-state index in [1.54, 1.807) is 13.8 Å². The van der Waals surface area contributed by atoms with Crippen LogP contribution in [0.2, 0.25) is 0 Å². The highest BCUT2D eigenvalue weighted by molar-refractivity contribution is 7.92. The molecule has 2 N–H and O–H groups in total. The Hall–Kier alpha value is -2.49. The van der Waals surface area contributed by atoms with Crippen molar-refractivity contribution in [3.63, 3.8) is 0 Å². The molecule has 182 valence electrons. The molecular weight excluding hydrogens is 450 g/mol. The summed E-state index contributed by atoms with van der Waals surface area (Å²) in [5, 5.41) is 3.86. The molecule has 0 aliphatic carbocycles. The predicted octanol–water partition coefficient (Wildman–Crippen LogP) is 3.25. The fourth-order valence-corrected chi connectivity index (χ4v) is 7.32. The van der Waals surface area contributed by atoms with Crippen LogP contribution in [0, 0.1) is 0 Å². The molecule has 2 aromatic heterocycles. The predicted molar refractivity (Wildman–Crippen MR) is 135 cm³/mol. The summed E-state index contributed by atoms with van der Waals surface area (Å²) in [7, 11) is -3.49. The van der Waals surface area contributed by atoms with Crippen LogP contribution >= 0.6 is 0 Å². The molecule has 0 saturated carbocycles. The number of sulfone groups is 1. The number of fused-ring (bicyclic) bond motifs is 1. The highest BCUT2D eigenvalue weighted by Gasteiger charge is 2.49. The molecule has 1 atom stereocenters. The van der Waals surface area contributed by atoms with Gasteiger partial charge in [-0.25, -0.2) is 18.4 Å². The van der Waals surface area contributed by atoms with Crippen LogP contribution in [0.15, 0.2) is 36.5 Å². The Morgan fingerprint density at radius 2 is 1.97 bits per heavy atom. The van der Waals surface area contributed by atoms with Crippen molar-refractivity contribution < 1.29 is 13.2 Å². The number of hydrogen-bond acceptors (Lipinski definition) is 7. The van der Waals surface area contributed by atoms with E-state index in [4.69, 9.17) is 14.7 Å². The largest absolute Gasteiger partial charge is 0.377 e. The first kappa shape index (κ1) is 23.3. The number of piperidine rings is 1. The minimum atomic E-state index is -3.49. The maximum atomic E-state index is 13.9. The number of benzene rings is 1. The summed E-state index contributed by atoms with van der Waals surface area (Å²) in [4.78, 5) is 15.5. The molecule has 4 heterocycles. The lowest BCUT2D eigenvalue weighted by molar-refractivity contribution is 0.0985. The topological polar surface area (TPSA) is 100 Å². The normalized spacial score (nSPS) is 21.3. The number of ether oxygens (including phenoxy) is 1. The standard InChI is InChI=1S/C25H33N5O3S/c1-17(2)34(31,32)25(8-11-26-12-9-25)22-15-23(30-13-14-33-16-18(30)3)29-24(28-22)20-5-4-6-21-19(20)7-10-27-21/h4-7,10,15,17-18,26-27H,8-9,11-14,16H2,1-3H3/t18-/m1/s1. The van der Waals surface area contributed by atoms with E-state index in [0.717, 1.165) is 22.3 Å². The van der Waals surface area contributed by atoms with E-state index in [1.165, 1.54) is 0 Å². The Bertz CT molecular complexity index is 1280. The Balaban J connectivity index is 1.76. The summed E-state index contributed by atoms with van der Waals surface area (Å²) < 4.78 is 32.3. The molecule has 34 heavy (non-hydrogen) atoms. The van der Waals surface area contributed by atoms with Gasteiger partial charge in [-0.2, -0.15) is 0 Å². The average Bonchev–Trinajstić information content (AvgIpc) is 3.33. The zero-order valence-corrected chi connectivity index (χ0v) is 20.9. The number of nitrogens with one attached hydrogen (secondary N) is 2. The van der Waals surface area contributed by atoms with Gasteiger partial charge < -0.3 is 19.9 Å². The second-order valence-electron chi connectivity index (χ2n) is 9.63.